The predicted octanol–water partition coefficient (Wildman–Crippen LogP) is 2.85. The number of aromatic nitrogens is 1. The van der Waals surface area contributed by atoms with Crippen molar-refractivity contribution in [2.75, 3.05) is 44.2 Å². The van der Waals surface area contributed by atoms with E-state index in [1.54, 1.807) is 0 Å². The molecule has 1 aromatic heterocycles. The SMILES string of the molecule is CCOc1ccccc1N1CCN(CCc2ccncc2)CC1. The molecule has 0 amide bonds. The van der Waals surface area contributed by atoms with Gasteiger partial charge in [0.2, 0.25) is 0 Å². The maximum atomic E-state index is 5.76. The van der Waals surface area contributed by atoms with Gasteiger partial charge in [0.1, 0.15) is 5.75 Å². The molecule has 122 valence electrons. The second kappa shape index (κ2) is 7.97. The minimum atomic E-state index is 0.711. The van der Waals surface area contributed by atoms with Gasteiger partial charge in [-0.3, -0.25) is 9.88 Å². The molecule has 1 fully saturated rings. The maximum absolute atomic E-state index is 5.76. The van der Waals surface area contributed by atoms with Crippen molar-refractivity contribution in [3.05, 3.63) is 54.4 Å². The monoisotopic (exact) mass is 311 g/mol. The van der Waals surface area contributed by atoms with E-state index >= 15 is 0 Å². The molecule has 1 aromatic carbocycles. The molecule has 0 unspecified atom stereocenters. The standard InChI is InChI=1S/C19H25N3O/c1-2-23-19-6-4-3-5-18(19)22-15-13-21(14-16-22)12-9-17-7-10-20-11-8-17/h3-8,10-11H,2,9,12-16H2,1H3. The molecular formula is C19H25N3O. The van der Waals surface area contributed by atoms with Crippen molar-refractivity contribution in [3.8, 4) is 5.75 Å². The fourth-order valence-electron chi connectivity index (χ4n) is 3.05. The van der Waals surface area contributed by atoms with Gasteiger partial charge in [-0.05, 0) is 43.2 Å². The third-order valence-corrected chi connectivity index (χ3v) is 4.34. The molecule has 0 atom stereocenters. The molecule has 4 heteroatoms. The number of nitrogens with zero attached hydrogens (tertiary/aromatic N) is 3. The number of hydrogen-bond donors (Lipinski definition) is 0. The molecule has 1 saturated heterocycles. The molecule has 0 aliphatic carbocycles. The van der Waals surface area contributed by atoms with Crippen LogP contribution in [0.4, 0.5) is 5.69 Å². The fourth-order valence-corrected chi connectivity index (χ4v) is 3.05. The minimum Gasteiger partial charge on any atom is -0.492 e. The summed E-state index contributed by atoms with van der Waals surface area (Å²) in [5.41, 5.74) is 2.59. The quantitative estimate of drug-likeness (QED) is 0.820. The molecule has 1 aliphatic heterocycles. The summed E-state index contributed by atoms with van der Waals surface area (Å²) >= 11 is 0. The van der Waals surface area contributed by atoms with Crippen molar-refractivity contribution < 1.29 is 4.74 Å². The van der Waals surface area contributed by atoms with Crippen LogP contribution >= 0.6 is 0 Å². The lowest BCUT2D eigenvalue weighted by atomic mass is 10.1. The second-order valence-corrected chi connectivity index (χ2v) is 5.83. The lowest BCUT2D eigenvalue weighted by Crippen LogP contribution is -2.47. The molecule has 0 radical (unpaired) electrons. The number of pyridine rings is 1. The van der Waals surface area contributed by atoms with E-state index in [4.69, 9.17) is 4.74 Å². The summed E-state index contributed by atoms with van der Waals surface area (Å²) in [5, 5.41) is 0. The highest BCUT2D eigenvalue weighted by atomic mass is 16.5. The summed E-state index contributed by atoms with van der Waals surface area (Å²) in [4.78, 5) is 9.06. The van der Waals surface area contributed by atoms with Gasteiger partial charge < -0.3 is 9.64 Å². The van der Waals surface area contributed by atoms with Crippen LogP contribution in [0.15, 0.2) is 48.8 Å². The molecule has 23 heavy (non-hydrogen) atoms. The average Bonchev–Trinajstić information content (AvgIpc) is 2.62. The van der Waals surface area contributed by atoms with Crippen molar-refractivity contribution in [3.63, 3.8) is 0 Å². The van der Waals surface area contributed by atoms with Crippen LogP contribution in [0.1, 0.15) is 12.5 Å². The van der Waals surface area contributed by atoms with Crippen LogP contribution < -0.4 is 9.64 Å². The first-order valence-electron chi connectivity index (χ1n) is 8.45. The summed E-state index contributed by atoms with van der Waals surface area (Å²) in [6.07, 6.45) is 4.84. The Bertz CT molecular complexity index is 595. The number of para-hydroxylation sites is 2. The minimum absolute atomic E-state index is 0.711. The molecule has 0 saturated carbocycles. The number of anilines is 1. The van der Waals surface area contributed by atoms with Gasteiger partial charge in [0.05, 0.1) is 12.3 Å². The van der Waals surface area contributed by atoms with Gasteiger partial charge in [0.15, 0.2) is 0 Å². The predicted molar refractivity (Wildman–Crippen MR) is 94.2 cm³/mol. The van der Waals surface area contributed by atoms with Crippen LogP contribution in [0.3, 0.4) is 0 Å². The van der Waals surface area contributed by atoms with Crippen LogP contribution in [0, 0.1) is 0 Å². The van der Waals surface area contributed by atoms with Gasteiger partial charge in [-0.15, -0.1) is 0 Å². The Hall–Kier alpha value is -2.07. The Kier molecular flexibility index (Phi) is 5.48. The molecule has 0 spiro atoms. The highest BCUT2D eigenvalue weighted by Crippen LogP contribution is 2.28. The van der Waals surface area contributed by atoms with Crippen LogP contribution in [0.25, 0.3) is 0 Å². The van der Waals surface area contributed by atoms with E-state index in [-0.39, 0.29) is 0 Å². The Labute approximate surface area is 138 Å². The number of piperazine rings is 1. The van der Waals surface area contributed by atoms with Gasteiger partial charge in [0.25, 0.3) is 0 Å². The van der Waals surface area contributed by atoms with E-state index in [9.17, 15) is 0 Å². The lowest BCUT2D eigenvalue weighted by Gasteiger charge is -2.36. The normalized spacial score (nSPS) is 15.6. The van der Waals surface area contributed by atoms with E-state index in [0.717, 1.165) is 44.9 Å². The molecule has 1 aliphatic rings. The van der Waals surface area contributed by atoms with Gasteiger partial charge in [0, 0.05) is 45.1 Å². The largest absolute Gasteiger partial charge is 0.492 e. The van der Waals surface area contributed by atoms with Crippen LogP contribution in [-0.2, 0) is 6.42 Å². The van der Waals surface area contributed by atoms with E-state index in [2.05, 4.69) is 45.1 Å². The zero-order valence-corrected chi connectivity index (χ0v) is 13.8. The first kappa shape index (κ1) is 15.8. The topological polar surface area (TPSA) is 28.6 Å². The van der Waals surface area contributed by atoms with Crippen molar-refractivity contribution in [2.24, 2.45) is 0 Å². The van der Waals surface area contributed by atoms with Crippen LogP contribution in [0.5, 0.6) is 5.75 Å². The number of hydrogen-bond acceptors (Lipinski definition) is 4. The fraction of sp³-hybridized carbons (Fsp3) is 0.421. The van der Waals surface area contributed by atoms with E-state index in [1.807, 2.05) is 25.4 Å². The average molecular weight is 311 g/mol. The Morgan fingerprint density at radius 1 is 1.00 bits per heavy atom. The number of benzene rings is 1. The molecule has 0 N–H and O–H groups in total. The summed E-state index contributed by atoms with van der Waals surface area (Å²) in [6.45, 7) is 8.18. The Balaban J connectivity index is 1.52. The van der Waals surface area contributed by atoms with Gasteiger partial charge in [-0.1, -0.05) is 12.1 Å². The van der Waals surface area contributed by atoms with E-state index in [0.29, 0.717) is 6.61 Å². The highest BCUT2D eigenvalue weighted by molar-refractivity contribution is 5.58. The summed E-state index contributed by atoms with van der Waals surface area (Å²) < 4.78 is 5.76. The molecule has 3 rings (SSSR count). The maximum Gasteiger partial charge on any atom is 0.142 e. The van der Waals surface area contributed by atoms with Gasteiger partial charge >= 0.3 is 0 Å². The van der Waals surface area contributed by atoms with Crippen molar-refractivity contribution in [1.82, 2.24) is 9.88 Å². The Morgan fingerprint density at radius 3 is 2.48 bits per heavy atom. The summed E-state index contributed by atoms with van der Waals surface area (Å²) in [7, 11) is 0. The first-order valence-corrected chi connectivity index (χ1v) is 8.45. The van der Waals surface area contributed by atoms with Crippen molar-refractivity contribution in [1.29, 1.82) is 0 Å². The zero-order chi connectivity index (χ0) is 15.9. The van der Waals surface area contributed by atoms with Crippen molar-refractivity contribution in [2.45, 2.75) is 13.3 Å². The smallest absolute Gasteiger partial charge is 0.142 e. The number of ether oxygens (including phenoxy) is 1. The third-order valence-electron chi connectivity index (χ3n) is 4.34. The molecule has 2 aromatic rings. The lowest BCUT2D eigenvalue weighted by molar-refractivity contribution is 0.259. The third kappa shape index (κ3) is 4.23. The van der Waals surface area contributed by atoms with Gasteiger partial charge in [-0.25, -0.2) is 0 Å². The molecular weight excluding hydrogens is 286 g/mol. The molecule has 2 heterocycles. The van der Waals surface area contributed by atoms with Crippen LogP contribution in [-0.4, -0.2) is 49.2 Å². The number of rotatable bonds is 6. The van der Waals surface area contributed by atoms with E-state index in [1.165, 1.54) is 11.3 Å². The van der Waals surface area contributed by atoms with Crippen molar-refractivity contribution >= 4 is 5.69 Å². The highest BCUT2D eigenvalue weighted by Gasteiger charge is 2.19. The summed E-state index contributed by atoms with van der Waals surface area (Å²) in [6, 6.07) is 12.6. The Morgan fingerprint density at radius 2 is 1.74 bits per heavy atom. The zero-order valence-electron chi connectivity index (χ0n) is 13.8. The second-order valence-electron chi connectivity index (χ2n) is 5.83. The van der Waals surface area contributed by atoms with Crippen LogP contribution in [0.2, 0.25) is 0 Å². The summed E-state index contributed by atoms with van der Waals surface area (Å²) in [5.74, 6) is 1.00. The first-order chi connectivity index (χ1) is 11.4. The molecule has 0 bridgehead atoms. The van der Waals surface area contributed by atoms with E-state index < -0.39 is 0 Å². The molecule has 4 nitrogen and oxygen atoms in total. The van der Waals surface area contributed by atoms with Gasteiger partial charge in [-0.2, -0.15) is 0 Å².